The van der Waals surface area contributed by atoms with Crippen molar-refractivity contribution in [2.24, 2.45) is 10.9 Å². The van der Waals surface area contributed by atoms with Crippen molar-refractivity contribution >= 4 is 21.8 Å². The highest BCUT2D eigenvalue weighted by atomic mass is 79.9. The Bertz CT molecular complexity index is 634. The highest BCUT2D eigenvalue weighted by Crippen LogP contribution is 2.26. The first-order valence-electron chi connectivity index (χ1n) is 5.17. The molecule has 3 N–H and O–H groups in total. The summed E-state index contributed by atoms with van der Waals surface area (Å²) in [5, 5.41) is 11.6. The molecule has 5 nitrogen and oxygen atoms in total. The first-order chi connectivity index (χ1) is 9.11. The fourth-order valence-electron chi connectivity index (χ4n) is 1.37. The largest absolute Gasteiger partial charge is 0.438 e. The number of nitrogens with two attached hydrogens (primary N) is 1. The van der Waals surface area contributed by atoms with E-state index in [0.29, 0.717) is 10.0 Å². The van der Waals surface area contributed by atoms with Gasteiger partial charge in [0, 0.05) is 12.3 Å². The number of halogens is 2. The number of rotatable bonds is 3. The van der Waals surface area contributed by atoms with Crippen molar-refractivity contribution in [1.82, 2.24) is 4.98 Å². The molecule has 0 atom stereocenters. The van der Waals surface area contributed by atoms with Crippen LogP contribution in [0.1, 0.15) is 5.56 Å². The van der Waals surface area contributed by atoms with Crippen LogP contribution in [0.5, 0.6) is 11.6 Å². The van der Waals surface area contributed by atoms with E-state index in [9.17, 15) is 4.39 Å². The van der Waals surface area contributed by atoms with Crippen LogP contribution in [0.2, 0.25) is 0 Å². The van der Waals surface area contributed by atoms with Crippen molar-refractivity contribution in [3.05, 3.63) is 52.4 Å². The maximum absolute atomic E-state index is 13.4. The van der Waals surface area contributed by atoms with Crippen LogP contribution in [0.4, 0.5) is 4.39 Å². The predicted molar refractivity (Wildman–Crippen MR) is 70.9 cm³/mol. The van der Waals surface area contributed by atoms with Gasteiger partial charge in [0.15, 0.2) is 5.84 Å². The average Bonchev–Trinajstić information content (AvgIpc) is 2.43. The Morgan fingerprint density at radius 3 is 2.89 bits per heavy atom. The van der Waals surface area contributed by atoms with Crippen molar-refractivity contribution in [1.29, 1.82) is 0 Å². The highest BCUT2D eigenvalue weighted by Gasteiger charge is 2.11. The fourth-order valence-corrected chi connectivity index (χ4v) is 1.62. The van der Waals surface area contributed by atoms with Crippen LogP contribution in [0.25, 0.3) is 0 Å². The van der Waals surface area contributed by atoms with Crippen LogP contribution in [0.15, 0.2) is 46.2 Å². The van der Waals surface area contributed by atoms with E-state index in [1.165, 1.54) is 18.3 Å². The molecule has 1 aromatic heterocycles. The summed E-state index contributed by atoms with van der Waals surface area (Å²) in [5.41, 5.74) is 5.81. The van der Waals surface area contributed by atoms with Gasteiger partial charge in [-0.15, -0.1) is 0 Å². The SMILES string of the molecule is N/C(=N/O)c1cccnc1Oc1ccc(Br)c(F)c1. The summed E-state index contributed by atoms with van der Waals surface area (Å²) in [6.07, 6.45) is 1.48. The summed E-state index contributed by atoms with van der Waals surface area (Å²) in [7, 11) is 0. The molecule has 0 spiro atoms. The molecule has 0 saturated heterocycles. The van der Waals surface area contributed by atoms with Gasteiger partial charge < -0.3 is 15.7 Å². The summed E-state index contributed by atoms with van der Waals surface area (Å²) in [5.74, 6) is -0.217. The molecule has 0 unspecified atom stereocenters. The molecule has 2 rings (SSSR count). The van der Waals surface area contributed by atoms with E-state index in [-0.39, 0.29) is 17.5 Å². The standard InChI is InChI=1S/C12H9BrFN3O2/c13-9-4-3-7(6-10(9)14)19-12-8(11(15)17-18)2-1-5-16-12/h1-6,18H,(H2,15,17). The predicted octanol–water partition coefficient (Wildman–Crippen LogP) is 2.87. The van der Waals surface area contributed by atoms with E-state index in [4.69, 9.17) is 15.7 Å². The zero-order valence-corrected chi connectivity index (χ0v) is 11.1. The Morgan fingerprint density at radius 2 is 2.21 bits per heavy atom. The summed E-state index contributed by atoms with van der Waals surface area (Å²) in [6, 6.07) is 7.47. The first-order valence-corrected chi connectivity index (χ1v) is 5.97. The Balaban J connectivity index is 2.35. The molecule has 0 radical (unpaired) electrons. The number of hydrogen-bond donors (Lipinski definition) is 2. The summed E-state index contributed by atoms with van der Waals surface area (Å²) < 4.78 is 19.1. The van der Waals surface area contributed by atoms with Crippen molar-refractivity contribution in [2.75, 3.05) is 0 Å². The number of nitrogens with zero attached hydrogens (tertiary/aromatic N) is 2. The van der Waals surface area contributed by atoms with Crippen molar-refractivity contribution < 1.29 is 14.3 Å². The van der Waals surface area contributed by atoms with E-state index < -0.39 is 5.82 Å². The van der Waals surface area contributed by atoms with E-state index in [1.54, 1.807) is 18.2 Å². The quantitative estimate of drug-likeness (QED) is 0.393. The molecule has 0 aliphatic rings. The molecular weight excluding hydrogens is 317 g/mol. The number of pyridine rings is 1. The zero-order chi connectivity index (χ0) is 13.8. The Morgan fingerprint density at radius 1 is 1.42 bits per heavy atom. The summed E-state index contributed by atoms with van der Waals surface area (Å²) in [6.45, 7) is 0. The van der Waals surface area contributed by atoms with Gasteiger partial charge in [-0.25, -0.2) is 9.37 Å². The van der Waals surface area contributed by atoms with E-state index >= 15 is 0 Å². The summed E-state index contributed by atoms with van der Waals surface area (Å²) in [4.78, 5) is 3.97. The third-order valence-corrected chi connectivity index (χ3v) is 2.90. The van der Waals surface area contributed by atoms with Gasteiger partial charge in [0.25, 0.3) is 0 Å². The molecule has 19 heavy (non-hydrogen) atoms. The van der Waals surface area contributed by atoms with Gasteiger partial charge in [-0.3, -0.25) is 0 Å². The lowest BCUT2D eigenvalue weighted by atomic mass is 10.2. The number of aromatic nitrogens is 1. The van der Waals surface area contributed by atoms with Crippen LogP contribution in [-0.4, -0.2) is 16.0 Å². The van der Waals surface area contributed by atoms with Crippen LogP contribution in [0.3, 0.4) is 0 Å². The number of oxime groups is 1. The third kappa shape index (κ3) is 3.00. The number of amidine groups is 1. The molecule has 0 aliphatic carbocycles. The molecule has 7 heteroatoms. The van der Waals surface area contributed by atoms with Crippen LogP contribution >= 0.6 is 15.9 Å². The van der Waals surface area contributed by atoms with Crippen molar-refractivity contribution in [2.45, 2.75) is 0 Å². The average molecular weight is 326 g/mol. The Labute approximate surface area is 116 Å². The molecule has 1 aromatic carbocycles. The minimum atomic E-state index is -0.459. The number of benzene rings is 1. The van der Waals surface area contributed by atoms with E-state index in [0.717, 1.165) is 0 Å². The smallest absolute Gasteiger partial charge is 0.230 e. The molecule has 0 saturated carbocycles. The first kappa shape index (κ1) is 13.3. The van der Waals surface area contributed by atoms with Crippen molar-refractivity contribution in [3.8, 4) is 11.6 Å². The second kappa shape index (κ2) is 5.66. The molecule has 2 aromatic rings. The van der Waals surface area contributed by atoms with Crippen LogP contribution < -0.4 is 10.5 Å². The molecule has 98 valence electrons. The van der Waals surface area contributed by atoms with Gasteiger partial charge in [0.05, 0.1) is 10.0 Å². The lowest BCUT2D eigenvalue weighted by Crippen LogP contribution is -2.14. The number of ether oxygens (including phenoxy) is 1. The maximum Gasteiger partial charge on any atom is 0.230 e. The number of hydrogen-bond acceptors (Lipinski definition) is 4. The Kier molecular flexibility index (Phi) is 3.96. The lowest BCUT2D eigenvalue weighted by molar-refractivity contribution is 0.318. The van der Waals surface area contributed by atoms with Gasteiger partial charge in [-0.1, -0.05) is 5.16 Å². The van der Waals surface area contributed by atoms with Crippen LogP contribution in [0, 0.1) is 5.82 Å². The van der Waals surface area contributed by atoms with E-state index in [1.807, 2.05) is 0 Å². The monoisotopic (exact) mass is 325 g/mol. The lowest BCUT2D eigenvalue weighted by Gasteiger charge is -2.09. The van der Waals surface area contributed by atoms with Crippen LogP contribution in [-0.2, 0) is 0 Å². The highest BCUT2D eigenvalue weighted by molar-refractivity contribution is 9.10. The summed E-state index contributed by atoms with van der Waals surface area (Å²) >= 11 is 3.05. The van der Waals surface area contributed by atoms with Gasteiger partial charge in [-0.2, -0.15) is 0 Å². The fraction of sp³-hybridized carbons (Fsp3) is 0. The zero-order valence-electron chi connectivity index (χ0n) is 9.55. The molecule has 0 aliphatic heterocycles. The molecule has 0 bridgehead atoms. The minimum absolute atomic E-state index is 0.125. The molecule has 0 fully saturated rings. The molecule has 1 heterocycles. The molecule has 0 amide bonds. The van der Waals surface area contributed by atoms with E-state index in [2.05, 4.69) is 26.1 Å². The van der Waals surface area contributed by atoms with Crippen molar-refractivity contribution in [3.63, 3.8) is 0 Å². The third-order valence-electron chi connectivity index (χ3n) is 2.26. The Hall–Kier alpha value is -2.15. The maximum atomic E-state index is 13.4. The molecular formula is C12H9BrFN3O2. The van der Waals surface area contributed by atoms with Gasteiger partial charge >= 0.3 is 0 Å². The normalized spacial score (nSPS) is 11.4. The van der Waals surface area contributed by atoms with Gasteiger partial charge in [-0.05, 0) is 40.2 Å². The minimum Gasteiger partial charge on any atom is -0.438 e. The second-order valence-corrected chi connectivity index (χ2v) is 4.37. The second-order valence-electron chi connectivity index (χ2n) is 3.52. The topological polar surface area (TPSA) is 80.7 Å². The van der Waals surface area contributed by atoms with Gasteiger partial charge in [0.2, 0.25) is 5.88 Å². The van der Waals surface area contributed by atoms with Gasteiger partial charge in [0.1, 0.15) is 11.6 Å².